The molecule has 4 heteroatoms. The van der Waals surface area contributed by atoms with E-state index in [1.165, 1.54) is 19.3 Å². The summed E-state index contributed by atoms with van der Waals surface area (Å²) in [6.07, 6.45) is 12.8. The SMILES string of the molecule is Cc1nn(C)cc1/C=C1/C[C@@H]2[C@H]3CC[C@H]4C[C@@H](O)CC[C@]4(C)[C@@H]3CC[C@]2(C)C1=O. The normalized spacial score (nSPS) is 45.8. The van der Waals surface area contributed by atoms with Crippen molar-refractivity contribution in [3.05, 3.63) is 23.0 Å². The first-order valence-corrected chi connectivity index (χ1v) is 11.7. The molecule has 5 rings (SSSR count). The van der Waals surface area contributed by atoms with E-state index in [4.69, 9.17) is 0 Å². The summed E-state index contributed by atoms with van der Waals surface area (Å²) in [6, 6.07) is 0. The lowest BCUT2D eigenvalue weighted by molar-refractivity contribution is -0.141. The molecule has 0 spiro atoms. The van der Waals surface area contributed by atoms with Gasteiger partial charge in [-0.25, -0.2) is 0 Å². The third kappa shape index (κ3) is 2.81. The molecule has 4 saturated carbocycles. The van der Waals surface area contributed by atoms with Gasteiger partial charge in [-0.1, -0.05) is 13.8 Å². The zero-order valence-electron chi connectivity index (χ0n) is 18.4. The summed E-state index contributed by atoms with van der Waals surface area (Å²) in [6.45, 7) is 6.79. The first-order valence-electron chi connectivity index (χ1n) is 11.7. The Morgan fingerprint density at radius 3 is 2.69 bits per heavy atom. The lowest BCUT2D eigenvalue weighted by atomic mass is 9.45. The molecule has 0 amide bonds. The van der Waals surface area contributed by atoms with Crippen LogP contribution in [0.15, 0.2) is 11.8 Å². The van der Waals surface area contributed by atoms with Crippen LogP contribution < -0.4 is 0 Å². The third-order valence-electron chi connectivity index (χ3n) is 9.66. The maximum atomic E-state index is 13.5. The number of aliphatic hydroxyl groups is 1. The average molecular weight is 397 g/mol. The number of ketones is 1. The molecule has 0 radical (unpaired) electrons. The highest BCUT2D eigenvalue weighted by atomic mass is 16.3. The fourth-order valence-electron chi connectivity index (χ4n) is 7.98. The van der Waals surface area contributed by atoms with Crippen LogP contribution in [0, 0.1) is 41.4 Å². The number of aliphatic hydroxyl groups excluding tert-OH is 1. The van der Waals surface area contributed by atoms with E-state index in [0.717, 1.165) is 54.9 Å². The number of rotatable bonds is 1. The Hall–Kier alpha value is -1.42. The summed E-state index contributed by atoms with van der Waals surface area (Å²) in [5.74, 6) is 2.94. The van der Waals surface area contributed by atoms with Crippen molar-refractivity contribution < 1.29 is 9.90 Å². The zero-order valence-corrected chi connectivity index (χ0v) is 18.4. The van der Waals surface area contributed by atoms with Crippen molar-refractivity contribution in [3.63, 3.8) is 0 Å². The van der Waals surface area contributed by atoms with E-state index >= 15 is 0 Å². The summed E-state index contributed by atoms with van der Waals surface area (Å²) < 4.78 is 1.84. The number of allylic oxidation sites excluding steroid dienone is 1. The highest BCUT2D eigenvalue weighted by molar-refractivity contribution is 6.06. The Kier molecular flexibility index (Phi) is 4.40. The van der Waals surface area contributed by atoms with Gasteiger partial charge in [-0.05, 0) is 99.0 Å². The lowest BCUT2D eigenvalue weighted by Gasteiger charge is -2.59. The predicted molar refractivity (Wildman–Crippen MR) is 114 cm³/mol. The minimum atomic E-state index is -0.180. The molecular weight excluding hydrogens is 360 g/mol. The average Bonchev–Trinajstić information content (AvgIpc) is 3.12. The second kappa shape index (κ2) is 6.54. The number of nitrogens with zero attached hydrogens (tertiary/aromatic N) is 2. The Bertz CT molecular complexity index is 870. The van der Waals surface area contributed by atoms with E-state index in [1.807, 2.05) is 24.9 Å². The van der Waals surface area contributed by atoms with Crippen LogP contribution in [-0.2, 0) is 11.8 Å². The van der Waals surface area contributed by atoms with Crippen LogP contribution in [-0.4, -0.2) is 26.8 Å². The van der Waals surface area contributed by atoms with Crippen molar-refractivity contribution >= 4 is 11.9 Å². The fourth-order valence-corrected chi connectivity index (χ4v) is 7.98. The quantitative estimate of drug-likeness (QED) is 0.701. The molecule has 1 aromatic heterocycles. The van der Waals surface area contributed by atoms with Gasteiger partial charge in [0.05, 0.1) is 11.8 Å². The summed E-state index contributed by atoms with van der Waals surface area (Å²) in [5, 5.41) is 14.7. The zero-order chi connectivity index (χ0) is 20.6. The topological polar surface area (TPSA) is 55.1 Å². The molecule has 1 heterocycles. The maximum absolute atomic E-state index is 13.5. The Morgan fingerprint density at radius 2 is 1.97 bits per heavy atom. The van der Waals surface area contributed by atoms with Crippen LogP contribution >= 0.6 is 0 Å². The molecule has 1 aromatic rings. The number of hydrogen-bond donors (Lipinski definition) is 1. The minimum Gasteiger partial charge on any atom is -0.393 e. The smallest absolute Gasteiger partial charge is 0.165 e. The molecule has 4 aliphatic carbocycles. The molecule has 0 aliphatic heterocycles. The Balaban J connectivity index is 1.46. The van der Waals surface area contributed by atoms with Gasteiger partial charge in [-0.15, -0.1) is 0 Å². The molecule has 7 atom stereocenters. The summed E-state index contributed by atoms with van der Waals surface area (Å²) in [5.41, 5.74) is 3.30. The molecule has 158 valence electrons. The van der Waals surface area contributed by atoms with Crippen molar-refractivity contribution in [2.45, 2.75) is 78.2 Å². The lowest BCUT2D eigenvalue weighted by Crippen LogP contribution is -2.54. The number of aryl methyl sites for hydroxylation is 2. The number of hydrogen-bond acceptors (Lipinski definition) is 3. The molecular formula is C25H36N2O2. The highest BCUT2D eigenvalue weighted by Gasteiger charge is 2.61. The molecule has 0 aromatic carbocycles. The standard InChI is InChI=1S/C25H36N2O2/c1-15-17(14-27(4)26-15)11-16-12-22-20-6-5-18-13-19(28)7-9-24(18,2)21(20)8-10-25(22,3)23(16)29/h11,14,18-22,28H,5-10,12-13H2,1-4H3/b16-11-/t18-,19-,20-,21+,22+,24-,25-/m0/s1. The highest BCUT2D eigenvalue weighted by Crippen LogP contribution is 2.66. The van der Waals surface area contributed by atoms with Crippen LogP contribution in [0.3, 0.4) is 0 Å². The first-order chi connectivity index (χ1) is 13.7. The largest absolute Gasteiger partial charge is 0.393 e. The number of aromatic nitrogens is 2. The first kappa shape index (κ1) is 19.5. The van der Waals surface area contributed by atoms with Gasteiger partial charge in [-0.3, -0.25) is 9.48 Å². The second-order valence-electron chi connectivity index (χ2n) is 11.1. The van der Waals surface area contributed by atoms with Gasteiger partial charge < -0.3 is 5.11 Å². The molecule has 4 aliphatic rings. The number of carbonyl (C=O) groups is 1. The molecule has 0 unspecified atom stereocenters. The maximum Gasteiger partial charge on any atom is 0.165 e. The van der Waals surface area contributed by atoms with Crippen LogP contribution in [0.1, 0.15) is 76.5 Å². The number of Topliss-reactive ketones (excluding diaryl/α,β-unsaturated/α-hetero) is 1. The van der Waals surface area contributed by atoms with E-state index in [-0.39, 0.29) is 11.5 Å². The van der Waals surface area contributed by atoms with Crippen LogP contribution in [0.25, 0.3) is 6.08 Å². The second-order valence-corrected chi connectivity index (χ2v) is 11.1. The van der Waals surface area contributed by atoms with Crippen molar-refractivity contribution in [2.75, 3.05) is 0 Å². The Morgan fingerprint density at radius 1 is 1.17 bits per heavy atom. The van der Waals surface area contributed by atoms with Crippen LogP contribution in [0.2, 0.25) is 0 Å². The van der Waals surface area contributed by atoms with Crippen LogP contribution in [0.4, 0.5) is 0 Å². The monoisotopic (exact) mass is 396 g/mol. The predicted octanol–water partition coefficient (Wildman–Crippen LogP) is 4.69. The van der Waals surface area contributed by atoms with E-state index in [9.17, 15) is 9.90 Å². The number of carbonyl (C=O) groups excluding carboxylic acids is 1. The van der Waals surface area contributed by atoms with E-state index < -0.39 is 0 Å². The van der Waals surface area contributed by atoms with Gasteiger partial charge in [0.1, 0.15) is 0 Å². The third-order valence-corrected chi connectivity index (χ3v) is 9.66. The fraction of sp³-hybridized carbons (Fsp3) is 0.760. The van der Waals surface area contributed by atoms with Gasteiger partial charge in [0.15, 0.2) is 5.78 Å². The summed E-state index contributed by atoms with van der Waals surface area (Å²) in [4.78, 5) is 13.5. The van der Waals surface area contributed by atoms with Gasteiger partial charge in [0, 0.05) is 24.2 Å². The van der Waals surface area contributed by atoms with Gasteiger partial charge in [0.2, 0.25) is 0 Å². The van der Waals surface area contributed by atoms with Crippen molar-refractivity contribution in [1.29, 1.82) is 0 Å². The minimum absolute atomic E-state index is 0.0937. The number of fused-ring (bicyclic) bond motifs is 5. The van der Waals surface area contributed by atoms with Gasteiger partial charge in [0.25, 0.3) is 0 Å². The molecule has 4 fully saturated rings. The molecule has 1 N–H and O–H groups in total. The van der Waals surface area contributed by atoms with Crippen LogP contribution in [0.5, 0.6) is 0 Å². The van der Waals surface area contributed by atoms with Crippen molar-refractivity contribution in [3.8, 4) is 0 Å². The van der Waals surface area contributed by atoms with Gasteiger partial charge >= 0.3 is 0 Å². The summed E-state index contributed by atoms with van der Waals surface area (Å²) >= 11 is 0. The summed E-state index contributed by atoms with van der Waals surface area (Å²) in [7, 11) is 1.94. The molecule has 29 heavy (non-hydrogen) atoms. The van der Waals surface area contributed by atoms with Crippen molar-refractivity contribution in [2.24, 2.45) is 41.5 Å². The Labute approximate surface area is 174 Å². The van der Waals surface area contributed by atoms with E-state index in [1.54, 1.807) is 0 Å². The molecule has 0 bridgehead atoms. The van der Waals surface area contributed by atoms with Crippen molar-refractivity contribution in [1.82, 2.24) is 9.78 Å². The van der Waals surface area contributed by atoms with E-state index in [2.05, 4.69) is 25.0 Å². The van der Waals surface area contributed by atoms with E-state index in [0.29, 0.717) is 29.0 Å². The molecule has 4 nitrogen and oxygen atoms in total. The molecule has 0 saturated heterocycles. The van der Waals surface area contributed by atoms with Gasteiger partial charge in [-0.2, -0.15) is 5.10 Å².